The normalized spacial score (nSPS) is 32.8. The maximum atomic E-state index is 5.92. The minimum Gasteiger partial charge on any atom is -0.329 e. The summed E-state index contributed by atoms with van der Waals surface area (Å²) in [5.41, 5.74) is 5.92. The lowest BCUT2D eigenvalue weighted by Crippen LogP contribution is -2.53. The van der Waals surface area contributed by atoms with Crippen LogP contribution in [0.25, 0.3) is 0 Å². The molecule has 2 saturated heterocycles. The van der Waals surface area contributed by atoms with E-state index in [0.717, 1.165) is 12.6 Å². The highest BCUT2D eigenvalue weighted by Gasteiger charge is 2.27. The van der Waals surface area contributed by atoms with Crippen molar-refractivity contribution < 1.29 is 0 Å². The molecule has 4 nitrogen and oxygen atoms in total. The van der Waals surface area contributed by atoms with E-state index >= 15 is 0 Å². The first-order chi connectivity index (χ1) is 8.70. The maximum Gasteiger partial charge on any atom is 0.0221 e. The number of nitrogens with two attached hydrogens (primary N) is 1. The van der Waals surface area contributed by atoms with Crippen molar-refractivity contribution in [3.05, 3.63) is 0 Å². The monoisotopic (exact) mass is 254 g/mol. The summed E-state index contributed by atoms with van der Waals surface area (Å²) in [5, 5.41) is 0. The van der Waals surface area contributed by atoms with Crippen molar-refractivity contribution in [1.29, 1.82) is 0 Å². The summed E-state index contributed by atoms with van der Waals surface area (Å²) in [6.07, 6.45) is 4.00. The van der Waals surface area contributed by atoms with Gasteiger partial charge in [-0.15, -0.1) is 0 Å². The zero-order valence-corrected chi connectivity index (χ0v) is 12.1. The molecule has 0 spiro atoms. The van der Waals surface area contributed by atoms with Gasteiger partial charge in [-0.2, -0.15) is 0 Å². The van der Waals surface area contributed by atoms with Gasteiger partial charge in [0.2, 0.25) is 0 Å². The molecule has 2 N–H and O–H groups in total. The van der Waals surface area contributed by atoms with Gasteiger partial charge < -0.3 is 10.6 Å². The molecule has 0 saturated carbocycles. The molecule has 106 valence electrons. The Morgan fingerprint density at radius 1 is 1.06 bits per heavy atom. The minimum atomic E-state index is 0.626. The van der Waals surface area contributed by atoms with Gasteiger partial charge in [-0.25, -0.2) is 0 Å². The van der Waals surface area contributed by atoms with Crippen molar-refractivity contribution in [2.24, 2.45) is 5.73 Å². The molecule has 0 aromatic carbocycles. The highest BCUT2D eigenvalue weighted by atomic mass is 15.3. The lowest BCUT2D eigenvalue weighted by molar-refractivity contribution is 0.0710. The van der Waals surface area contributed by atoms with Gasteiger partial charge in [-0.05, 0) is 26.8 Å². The molecule has 18 heavy (non-hydrogen) atoms. The van der Waals surface area contributed by atoms with Gasteiger partial charge in [0, 0.05) is 57.9 Å². The van der Waals surface area contributed by atoms with Gasteiger partial charge in [0.25, 0.3) is 0 Å². The van der Waals surface area contributed by atoms with E-state index in [4.69, 9.17) is 5.73 Å². The number of likely N-dealkylation sites (N-methyl/N-ethyl adjacent to an activating group) is 1. The number of nitrogens with zero attached hydrogens (tertiary/aromatic N) is 3. The first-order valence-corrected chi connectivity index (χ1v) is 7.57. The Balaban J connectivity index is 1.76. The molecule has 0 radical (unpaired) electrons. The Morgan fingerprint density at radius 2 is 1.78 bits per heavy atom. The van der Waals surface area contributed by atoms with Crippen LogP contribution >= 0.6 is 0 Å². The second kappa shape index (κ2) is 6.85. The quantitative estimate of drug-likeness (QED) is 0.789. The number of hydrogen-bond donors (Lipinski definition) is 1. The van der Waals surface area contributed by atoms with Crippen LogP contribution < -0.4 is 5.73 Å². The van der Waals surface area contributed by atoms with Gasteiger partial charge >= 0.3 is 0 Å². The van der Waals surface area contributed by atoms with Crippen molar-refractivity contribution in [2.75, 3.05) is 52.9 Å². The molecule has 2 fully saturated rings. The van der Waals surface area contributed by atoms with Crippen molar-refractivity contribution >= 4 is 0 Å². The molecule has 2 aliphatic rings. The van der Waals surface area contributed by atoms with Crippen molar-refractivity contribution in [1.82, 2.24) is 14.7 Å². The van der Waals surface area contributed by atoms with Crippen molar-refractivity contribution in [2.45, 2.75) is 38.3 Å². The summed E-state index contributed by atoms with van der Waals surface area (Å²) in [4.78, 5) is 7.68. The predicted molar refractivity (Wildman–Crippen MR) is 76.8 cm³/mol. The van der Waals surface area contributed by atoms with Crippen LogP contribution in [0, 0.1) is 0 Å². The molecule has 4 heteroatoms. The van der Waals surface area contributed by atoms with Crippen LogP contribution in [0.3, 0.4) is 0 Å². The molecule has 0 aromatic heterocycles. The lowest BCUT2D eigenvalue weighted by Gasteiger charge is -2.42. The topological polar surface area (TPSA) is 35.7 Å². The highest BCUT2D eigenvalue weighted by Crippen LogP contribution is 2.21. The minimum absolute atomic E-state index is 0.626. The van der Waals surface area contributed by atoms with E-state index in [9.17, 15) is 0 Å². The molecule has 0 aromatic rings. The molecular formula is C14H30N4. The van der Waals surface area contributed by atoms with Crippen molar-refractivity contribution in [3.8, 4) is 0 Å². The Hall–Kier alpha value is -0.160. The van der Waals surface area contributed by atoms with Gasteiger partial charge in [0.05, 0.1) is 0 Å². The fraction of sp³-hybridized carbons (Fsp3) is 1.00. The second-order valence-corrected chi connectivity index (χ2v) is 6.05. The summed E-state index contributed by atoms with van der Waals surface area (Å²) in [7, 11) is 2.22. The first-order valence-electron chi connectivity index (χ1n) is 7.57. The van der Waals surface area contributed by atoms with Crippen molar-refractivity contribution in [3.63, 3.8) is 0 Å². The van der Waals surface area contributed by atoms with Crippen LogP contribution in [0.2, 0.25) is 0 Å². The largest absolute Gasteiger partial charge is 0.329 e. The summed E-state index contributed by atoms with van der Waals surface area (Å²) in [6.45, 7) is 10.5. The second-order valence-electron chi connectivity index (χ2n) is 6.05. The molecule has 0 aliphatic carbocycles. The van der Waals surface area contributed by atoms with Gasteiger partial charge in [-0.1, -0.05) is 6.42 Å². The van der Waals surface area contributed by atoms with E-state index in [-0.39, 0.29) is 0 Å². The maximum absolute atomic E-state index is 5.92. The van der Waals surface area contributed by atoms with Crippen LogP contribution in [-0.2, 0) is 0 Å². The molecule has 2 heterocycles. The van der Waals surface area contributed by atoms with E-state index < -0.39 is 0 Å². The molecule has 0 bridgehead atoms. The fourth-order valence-corrected chi connectivity index (χ4v) is 3.32. The van der Waals surface area contributed by atoms with Crippen LogP contribution in [0.5, 0.6) is 0 Å². The van der Waals surface area contributed by atoms with Crippen LogP contribution in [-0.4, -0.2) is 79.6 Å². The Labute approximate surface area is 112 Å². The number of rotatable bonds is 4. The molecule has 0 amide bonds. The lowest BCUT2D eigenvalue weighted by atomic mass is 9.96. The molecule has 2 unspecified atom stereocenters. The zero-order valence-electron chi connectivity index (χ0n) is 12.1. The van der Waals surface area contributed by atoms with E-state index in [1.807, 2.05) is 0 Å². The van der Waals surface area contributed by atoms with Gasteiger partial charge in [0.15, 0.2) is 0 Å². The SMILES string of the molecule is CC1CCCC(CN)N1CCN1CCN(C)CC1. The fourth-order valence-electron chi connectivity index (χ4n) is 3.32. The van der Waals surface area contributed by atoms with E-state index in [2.05, 4.69) is 28.7 Å². The number of likely N-dealkylation sites (tertiary alicyclic amines) is 1. The van der Waals surface area contributed by atoms with Crippen LogP contribution in [0.1, 0.15) is 26.2 Å². The smallest absolute Gasteiger partial charge is 0.0221 e. The predicted octanol–water partition coefficient (Wildman–Crippen LogP) is 0.436. The zero-order chi connectivity index (χ0) is 13.0. The van der Waals surface area contributed by atoms with Gasteiger partial charge in [-0.3, -0.25) is 9.80 Å². The number of piperidine rings is 1. The Kier molecular flexibility index (Phi) is 5.42. The third-order valence-corrected chi connectivity index (χ3v) is 4.74. The molecule has 2 rings (SSSR count). The average molecular weight is 254 g/mol. The van der Waals surface area contributed by atoms with Gasteiger partial charge in [0.1, 0.15) is 0 Å². The first kappa shape index (κ1) is 14.3. The summed E-state index contributed by atoms with van der Waals surface area (Å²) in [6, 6.07) is 1.35. The average Bonchev–Trinajstić information content (AvgIpc) is 2.39. The third kappa shape index (κ3) is 3.67. The number of piperazine rings is 1. The standard InChI is InChI=1S/C14H30N4/c1-13-4-3-5-14(12-15)18(13)11-10-17-8-6-16(2)7-9-17/h13-14H,3-12,15H2,1-2H3. The summed E-state index contributed by atoms with van der Waals surface area (Å²) >= 11 is 0. The molecule has 2 aliphatic heterocycles. The highest BCUT2D eigenvalue weighted by molar-refractivity contribution is 4.84. The molecule has 2 atom stereocenters. The van der Waals surface area contributed by atoms with E-state index in [0.29, 0.717) is 6.04 Å². The third-order valence-electron chi connectivity index (χ3n) is 4.74. The summed E-state index contributed by atoms with van der Waals surface area (Å²) in [5.74, 6) is 0. The van der Waals surface area contributed by atoms with E-state index in [1.54, 1.807) is 0 Å². The van der Waals surface area contributed by atoms with E-state index in [1.165, 1.54) is 58.5 Å². The number of hydrogen-bond acceptors (Lipinski definition) is 4. The summed E-state index contributed by atoms with van der Waals surface area (Å²) < 4.78 is 0. The Bertz CT molecular complexity index is 238. The molecular weight excluding hydrogens is 224 g/mol. The van der Waals surface area contributed by atoms with Crippen LogP contribution in [0.4, 0.5) is 0 Å². The Morgan fingerprint density at radius 3 is 2.44 bits per heavy atom. The van der Waals surface area contributed by atoms with Crippen LogP contribution in [0.15, 0.2) is 0 Å².